The van der Waals surface area contributed by atoms with Crippen LogP contribution in [0.4, 0.5) is 11.4 Å². The van der Waals surface area contributed by atoms with Gasteiger partial charge in [-0.1, -0.05) is 6.07 Å². The third-order valence-electron chi connectivity index (χ3n) is 3.22. The van der Waals surface area contributed by atoms with Crippen LogP contribution in [-0.4, -0.2) is 30.1 Å². The molecule has 9 heteroatoms. The molecule has 0 atom stereocenters. The number of amides is 2. The molecule has 0 aliphatic heterocycles. The van der Waals surface area contributed by atoms with Crippen LogP contribution in [-0.2, 0) is 4.79 Å². The number of carbonyl (C=O) groups excluding carboxylic acids is 2. The third-order valence-corrected chi connectivity index (χ3v) is 3.22. The average Bonchev–Trinajstić information content (AvgIpc) is 2.61. The normalized spacial score (nSPS) is 10.4. The van der Waals surface area contributed by atoms with Gasteiger partial charge in [-0.3, -0.25) is 19.7 Å². The molecule has 0 fully saturated rings. The highest BCUT2D eigenvalue weighted by Crippen LogP contribution is 2.26. The molecule has 2 amide bonds. The van der Waals surface area contributed by atoms with Crippen LogP contribution in [0.1, 0.15) is 22.8 Å². The van der Waals surface area contributed by atoms with Gasteiger partial charge in [0.05, 0.1) is 18.2 Å². The molecular formula is C17H16N4O5. The SMILES string of the molecule is COc1ccc(/C=N\NC(=O)c2cccc(NC(C)=O)c2)cc1[N+](=O)[O-]. The van der Waals surface area contributed by atoms with Gasteiger partial charge < -0.3 is 10.1 Å². The smallest absolute Gasteiger partial charge is 0.311 e. The van der Waals surface area contributed by atoms with E-state index in [1.165, 1.54) is 38.4 Å². The number of nitrogens with zero attached hydrogens (tertiary/aromatic N) is 2. The first-order chi connectivity index (χ1) is 12.4. The second-order valence-corrected chi connectivity index (χ2v) is 5.15. The Labute approximate surface area is 148 Å². The van der Waals surface area contributed by atoms with Crippen molar-refractivity contribution < 1.29 is 19.2 Å². The largest absolute Gasteiger partial charge is 0.490 e. The zero-order valence-corrected chi connectivity index (χ0v) is 14.1. The summed E-state index contributed by atoms with van der Waals surface area (Å²) < 4.78 is 4.91. The lowest BCUT2D eigenvalue weighted by Crippen LogP contribution is -2.18. The fourth-order valence-corrected chi connectivity index (χ4v) is 2.10. The van der Waals surface area contributed by atoms with Crippen LogP contribution in [0.3, 0.4) is 0 Å². The first-order valence-electron chi connectivity index (χ1n) is 7.44. The Morgan fingerprint density at radius 2 is 2.00 bits per heavy atom. The molecule has 26 heavy (non-hydrogen) atoms. The van der Waals surface area contributed by atoms with Crippen molar-refractivity contribution in [2.75, 3.05) is 12.4 Å². The maximum absolute atomic E-state index is 12.1. The van der Waals surface area contributed by atoms with Crippen molar-refractivity contribution in [1.29, 1.82) is 0 Å². The number of methoxy groups -OCH3 is 1. The van der Waals surface area contributed by atoms with Crippen molar-refractivity contribution in [2.45, 2.75) is 6.92 Å². The van der Waals surface area contributed by atoms with Crippen LogP contribution in [0, 0.1) is 10.1 Å². The Morgan fingerprint density at radius 1 is 1.23 bits per heavy atom. The van der Waals surface area contributed by atoms with Gasteiger partial charge in [0.1, 0.15) is 0 Å². The fraction of sp³-hybridized carbons (Fsp3) is 0.118. The number of benzene rings is 2. The number of anilines is 1. The van der Waals surface area contributed by atoms with Gasteiger partial charge in [-0.15, -0.1) is 0 Å². The zero-order chi connectivity index (χ0) is 19.1. The average molecular weight is 356 g/mol. The molecule has 9 nitrogen and oxygen atoms in total. The zero-order valence-electron chi connectivity index (χ0n) is 14.1. The summed E-state index contributed by atoms with van der Waals surface area (Å²) in [5.41, 5.74) is 3.33. The van der Waals surface area contributed by atoms with Crippen LogP contribution in [0.25, 0.3) is 0 Å². The van der Waals surface area contributed by atoms with Crippen molar-refractivity contribution in [3.8, 4) is 5.75 Å². The molecule has 2 aromatic rings. The number of nitrogens with one attached hydrogen (secondary N) is 2. The van der Waals surface area contributed by atoms with Crippen molar-refractivity contribution in [1.82, 2.24) is 5.43 Å². The van der Waals surface area contributed by atoms with Gasteiger partial charge in [0.2, 0.25) is 5.91 Å². The van der Waals surface area contributed by atoms with Crippen LogP contribution >= 0.6 is 0 Å². The summed E-state index contributed by atoms with van der Waals surface area (Å²) in [7, 11) is 1.34. The topological polar surface area (TPSA) is 123 Å². The van der Waals surface area contributed by atoms with E-state index in [4.69, 9.17) is 4.74 Å². The van der Waals surface area contributed by atoms with E-state index in [0.717, 1.165) is 0 Å². The number of nitro groups is 1. The number of nitro benzene ring substituents is 1. The predicted octanol–water partition coefficient (Wildman–Crippen LogP) is 2.33. The summed E-state index contributed by atoms with van der Waals surface area (Å²) >= 11 is 0. The van der Waals surface area contributed by atoms with Crippen LogP contribution in [0.5, 0.6) is 5.75 Å². The van der Waals surface area contributed by atoms with E-state index in [2.05, 4.69) is 15.8 Å². The van der Waals surface area contributed by atoms with Crippen molar-refractivity contribution in [3.63, 3.8) is 0 Å². The highest BCUT2D eigenvalue weighted by molar-refractivity contribution is 5.97. The first-order valence-corrected chi connectivity index (χ1v) is 7.44. The summed E-state index contributed by atoms with van der Waals surface area (Å²) in [6.45, 7) is 1.37. The van der Waals surface area contributed by atoms with Gasteiger partial charge in [0.15, 0.2) is 5.75 Å². The predicted molar refractivity (Wildman–Crippen MR) is 95.5 cm³/mol. The summed E-state index contributed by atoms with van der Waals surface area (Å²) in [6, 6.07) is 10.6. The minimum absolute atomic E-state index is 0.131. The maximum atomic E-state index is 12.1. The van der Waals surface area contributed by atoms with Crippen molar-refractivity contribution >= 4 is 29.4 Å². The number of hydrazone groups is 1. The Kier molecular flexibility index (Phi) is 5.99. The molecule has 0 spiro atoms. The molecule has 0 heterocycles. The molecule has 0 aliphatic carbocycles. The van der Waals surface area contributed by atoms with Gasteiger partial charge >= 0.3 is 5.69 Å². The van der Waals surface area contributed by atoms with Crippen LogP contribution < -0.4 is 15.5 Å². The van der Waals surface area contributed by atoms with Crippen LogP contribution in [0.2, 0.25) is 0 Å². The lowest BCUT2D eigenvalue weighted by Gasteiger charge is -2.05. The van der Waals surface area contributed by atoms with E-state index >= 15 is 0 Å². The molecule has 0 radical (unpaired) electrons. The molecule has 0 aromatic heterocycles. The highest BCUT2D eigenvalue weighted by atomic mass is 16.6. The van der Waals surface area contributed by atoms with Crippen LogP contribution in [0.15, 0.2) is 47.6 Å². The summed E-state index contributed by atoms with van der Waals surface area (Å²) in [4.78, 5) is 33.6. The fourth-order valence-electron chi connectivity index (χ4n) is 2.10. The Morgan fingerprint density at radius 3 is 2.65 bits per heavy atom. The van der Waals surface area contributed by atoms with E-state index in [0.29, 0.717) is 16.8 Å². The molecule has 0 aliphatic rings. The lowest BCUT2D eigenvalue weighted by molar-refractivity contribution is -0.385. The van der Waals surface area contributed by atoms with Gasteiger partial charge in [-0.05, 0) is 30.3 Å². The van der Waals surface area contributed by atoms with Gasteiger partial charge in [-0.25, -0.2) is 5.43 Å². The van der Waals surface area contributed by atoms with Gasteiger partial charge in [0, 0.05) is 29.8 Å². The Hall–Kier alpha value is -3.75. The lowest BCUT2D eigenvalue weighted by atomic mass is 10.2. The minimum Gasteiger partial charge on any atom is -0.490 e. The molecule has 0 saturated carbocycles. The Bertz CT molecular complexity index is 879. The van der Waals surface area contributed by atoms with E-state index in [-0.39, 0.29) is 17.3 Å². The van der Waals surface area contributed by atoms with E-state index in [1.54, 1.807) is 24.3 Å². The molecule has 2 N–H and O–H groups in total. The maximum Gasteiger partial charge on any atom is 0.311 e. The first kappa shape index (κ1) is 18.6. The highest BCUT2D eigenvalue weighted by Gasteiger charge is 2.14. The number of ether oxygens (including phenoxy) is 1. The molecule has 134 valence electrons. The molecule has 2 rings (SSSR count). The van der Waals surface area contributed by atoms with Crippen molar-refractivity contribution in [3.05, 3.63) is 63.7 Å². The summed E-state index contributed by atoms with van der Waals surface area (Å²) in [5, 5.41) is 17.4. The molecular weight excluding hydrogens is 340 g/mol. The van der Waals surface area contributed by atoms with Gasteiger partial charge in [-0.2, -0.15) is 5.10 Å². The minimum atomic E-state index is -0.567. The molecule has 0 unspecified atom stereocenters. The Balaban J connectivity index is 2.08. The summed E-state index contributed by atoms with van der Waals surface area (Å²) in [5.74, 6) is -0.607. The van der Waals surface area contributed by atoms with Crippen molar-refractivity contribution in [2.24, 2.45) is 5.10 Å². The van der Waals surface area contributed by atoms with E-state index in [1.807, 2.05) is 0 Å². The number of rotatable bonds is 6. The number of carbonyl (C=O) groups is 2. The second kappa shape index (κ2) is 8.38. The second-order valence-electron chi connectivity index (χ2n) is 5.15. The number of hydrogen-bond acceptors (Lipinski definition) is 6. The monoisotopic (exact) mass is 356 g/mol. The van der Waals surface area contributed by atoms with E-state index in [9.17, 15) is 19.7 Å². The number of hydrogen-bond donors (Lipinski definition) is 2. The van der Waals surface area contributed by atoms with E-state index < -0.39 is 10.8 Å². The molecule has 0 bridgehead atoms. The standard InChI is InChI=1S/C17H16N4O5/c1-11(22)19-14-5-3-4-13(9-14)17(23)20-18-10-12-6-7-16(26-2)15(8-12)21(24)25/h3-10H,1-2H3,(H,19,22)(H,20,23)/b18-10-. The quantitative estimate of drug-likeness (QED) is 0.467. The molecule has 0 saturated heterocycles. The third kappa shape index (κ3) is 4.87. The van der Waals surface area contributed by atoms with Gasteiger partial charge in [0.25, 0.3) is 5.91 Å². The summed E-state index contributed by atoms with van der Waals surface area (Å²) in [6.07, 6.45) is 1.28. The molecule has 2 aromatic carbocycles.